The number of nitrogens with one attached hydrogen (secondary N) is 1. The molecule has 4 rings (SSSR count). The molecule has 1 aromatic heterocycles. The molecule has 0 spiro atoms. The van der Waals surface area contributed by atoms with E-state index in [1.54, 1.807) is 13.1 Å². The molecule has 3 aromatic rings. The van der Waals surface area contributed by atoms with E-state index in [4.69, 9.17) is 9.47 Å². The monoisotopic (exact) mass is 434 g/mol. The Morgan fingerprint density at radius 1 is 1.09 bits per heavy atom. The standard InChI is InChI=1S/C26H30N2O4/c1-4-18-8-6-9-20-21(17(3)29)15-28(26(18)20)16-25(30)27-22(5-2)19-10-11-23-24(14-19)32-13-7-12-31-23/h6,8-11,14-15,22H,4-5,7,12-13,16H2,1-3H3,(H,27,30). The summed E-state index contributed by atoms with van der Waals surface area (Å²) < 4.78 is 13.4. The first kappa shape index (κ1) is 21.9. The van der Waals surface area contributed by atoms with E-state index in [0.29, 0.717) is 18.8 Å². The number of para-hydroxylation sites is 1. The normalized spacial score (nSPS) is 14.1. The Labute approximate surface area is 188 Å². The van der Waals surface area contributed by atoms with Gasteiger partial charge in [-0.3, -0.25) is 9.59 Å². The number of hydrogen-bond donors (Lipinski definition) is 1. The van der Waals surface area contributed by atoms with Crippen molar-refractivity contribution in [1.29, 1.82) is 0 Å². The van der Waals surface area contributed by atoms with Gasteiger partial charge in [0.15, 0.2) is 17.3 Å². The van der Waals surface area contributed by atoms with Gasteiger partial charge in [-0.2, -0.15) is 0 Å². The lowest BCUT2D eigenvalue weighted by Crippen LogP contribution is -2.31. The van der Waals surface area contributed by atoms with Crippen LogP contribution in [0.2, 0.25) is 0 Å². The Balaban J connectivity index is 1.57. The van der Waals surface area contributed by atoms with Gasteiger partial charge < -0.3 is 19.4 Å². The van der Waals surface area contributed by atoms with E-state index in [0.717, 1.165) is 52.8 Å². The lowest BCUT2D eigenvalue weighted by Gasteiger charge is -2.19. The Morgan fingerprint density at radius 2 is 1.88 bits per heavy atom. The van der Waals surface area contributed by atoms with Crippen molar-refractivity contribution in [3.05, 3.63) is 59.3 Å². The quantitative estimate of drug-likeness (QED) is 0.541. The molecule has 1 atom stereocenters. The van der Waals surface area contributed by atoms with Crippen molar-refractivity contribution in [2.24, 2.45) is 0 Å². The number of hydrogen-bond acceptors (Lipinski definition) is 4. The van der Waals surface area contributed by atoms with Gasteiger partial charge >= 0.3 is 0 Å². The van der Waals surface area contributed by atoms with Crippen LogP contribution in [0.25, 0.3) is 10.9 Å². The van der Waals surface area contributed by atoms with E-state index in [1.165, 1.54) is 0 Å². The highest BCUT2D eigenvalue weighted by Crippen LogP contribution is 2.33. The molecule has 2 heterocycles. The second-order valence-corrected chi connectivity index (χ2v) is 8.18. The number of ketones is 1. The molecule has 0 fully saturated rings. The minimum atomic E-state index is -0.139. The van der Waals surface area contributed by atoms with Crippen molar-refractivity contribution >= 4 is 22.6 Å². The summed E-state index contributed by atoms with van der Waals surface area (Å²) in [5.74, 6) is 1.38. The number of carbonyl (C=O) groups excluding carboxylic acids is 2. The maximum absolute atomic E-state index is 13.0. The van der Waals surface area contributed by atoms with Gasteiger partial charge in [-0.1, -0.05) is 38.1 Å². The largest absolute Gasteiger partial charge is 0.490 e. The number of aromatic nitrogens is 1. The second-order valence-electron chi connectivity index (χ2n) is 8.18. The molecule has 2 aromatic carbocycles. The Bertz CT molecular complexity index is 1150. The van der Waals surface area contributed by atoms with Crippen LogP contribution in [0.4, 0.5) is 0 Å². The molecule has 6 nitrogen and oxygen atoms in total. The van der Waals surface area contributed by atoms with Gasteiger partial charge in [-0.25, -0.2) is 0 Å². The highest BCUT2D eigenvalue weighted by molar-refractivity contribution is 6.07. The number of benzene rings is 2. The summed E-state index contributed by atoms with van der Waals surface area (Å²) >= 11 is 0. The SMILES string of the molecule is CCc1cccc2c(C(C)=O)cn(CC(=O)NC(CC)c3ccc4c(c3)OCCCO4)c12. The summed E-state index contributed by atoms with van der Waals surface area (Å²) in [6.45, 7) is 7.11. The molecule has 0 bridgehead atoms. The lowest BCUT2D eigenvalue weighted by molar-refractivity contribution is -0.122. The highest BCUT2D eigenvalue weighted by atomic mass is 16.5. The fraction of sp³-hybridized carbons (Fsp3) is 0.385. The summed E-state index contributed by atoms with van der Waals surface area (Å²) in [5, 5.41) is 4.06. The van der Waals surface area contributed by atoms with Crippen LogP contribution in [0.3, 0.4) is 0 Å². The van der Waals surface area contributed by atoms with Crippen molar-refractivity contribution in [3.63, 3.8) is 0 Å². The van der Waals surface area contributed by atoms with Gasteiger partial charge in [0.1, 0.15) is 6.54 Å². The Morgan fingerprint density at radius 3 is 2.59 bits per heavy atom. The van der Waals surface area contributed by atoms with Gasteiger partial charge in [-0.05, 0) is 43.0 Å². The number of aryl methyl sites for hydroxylation is 1. The van der Waals surface area contributed by atoms with E-state index in [9.17, 15) is 9.59 Å². The number of Topliss-reactive ketones (excluding diaryl/α,β-unsaturated/α-hetero) is 1. The molecule has 168 valence electrons. The molecule has 1 N–H and O–H groups in total. The van der Waals surface area contributed by atoms with Crippen molar-refractivity contribution < 1.29 is 19.1 Å². The zero-order valence-electron chi connectivity index (χ0n) is 18.9. The molecule has 0 saturated heterocycles. The third kappa shape index (κ3) is 4.35. The molecular weight excluding hydrogens is 404 g/mol. The van der Waals surface area contributed by atoms with Crippen LogP contribution in [-0.4, -0.2) is 29.5 Å². The summed E-state index contributed by atoms with van der Waals surface area (Å²) in [7, 11) is 0. The zero-order valence-corrected chi connectivity index (χ0v) is 18.9. The average Bonchev–Trinajstić information content (AvgIpc) is 3.00. The number of ether oxygens (including phenoxy) is 2. The predicted octanol–water partition coefficient (Wildman–Crippen LogP) is 4.84. The number of carbonyl (C=O) groups is 2. The number of nitrogens with zero attached hydrogens (tertiary/aromatic N) is 1. The van der Waals surface area contributed by atoms with Gasteiger partial charge in [0, 0.05) is 23.6 Å². The van der Waals surface area contributed by atoms with E-state index >= 15 is 0 Å². The minimum Gasteiger partial charge on any atom is -0.490 e. The molecule has 0 radical (unpaired) electrons. The molecular formula is C26H30N2O4. The first-order valence-electron chi connectivity index (χ1n) is 11.3. The van der Waals surface area contributed by atoms with Gasteiger partial charge in [0.05, 0.1) is 24.8 Å². The van der Waals surface area contributed by atoms with Crippen molar-refractivity contribution in [3.8, 4) is 11.5 Å². The van der Waals surface area contributed by atoms with Crippen molar-refractivity contribution in [2.75, 3.05) is 13.2 Å². The molecule has 1 aliphatic rings. The average molecular weight is 435 g/mol. The van der Waals surface area contributed by atoms with E-state index in [-0.39, 0.29) is 24.3 Å². The number of fused-ring (bicyclic) bond motifs is 2. The molecule has 1 aliphatic heterocycles. The summed E-state index contributed by atoms with van der Waals surface area (Å²) in [6.07, 6.45) is 4.23. The molecule has 6 heteroatoms. The minimum absolute atomic E-state index is 0.000965. The van der Waals surface area contributed by atoms with Gasteiger partial charge in [-0.15, -0.1) is 0 Å². The molecule has 1 amide bonds. The molecule has 0 saturated carbocycles. The van der Waals surface area contributed by atoms with Crippen LogP contribution >= 0.6 is 0 Å². The molecule has 1 unspecified atom stereocenters. The van der Waals surface area contributed by atoms with Crippen LogP contribution < -0.4 is 14.8 Å². The predicted molar refractivity (Wildman–Crippen MR) is 125 cm³/mol. The van der Waals surface area contributed by atoms with E-state index in [2.05, 4.69) is 12.2 Å². The van der Waals surface area contributed by atoms with Gasteiger partial charge in [0.2, 0.25) is 5.91 Å². The van der Waals surface area contributed by atoms with Crippen molar-refractivity contribution in [1.82, 2.24) is 9.88 Å². The van der Waals surface area contributed by atoms with Gasteiger partial charge in [0.25, 0.3) is 0 Å². The van der Waals surface area contributed by atoms with Crippen LogP contribution in [0.1, 0.15) is 61.1 Å². The smallest absolute Gasteiger partial charge is 0.240 e. The topological polar surface area (TPSA) is 69.6 Å². The summed E-state index contributed by atoms with van der Waals surface area (Å²) in [4.78, 5) is 25.2. The van der Waals surface area contributed by atoms with E-state index in [1.807, 2.05) is 47.9 Å². The van der Waals surface area contributed by atoms with Crippen LogP contribution in [0, 0.1) is 0 Å². The highest BCUT2D eigenvalue weighted by Gasteiger charge is 2.20. The summed E-state index contributed by atoms with van der Waals surface area (Å²) in [5.41, 5.74) is 3.72. The third-order valence-corrected chi connectivity index (χ3v) is 5.97. The maximum Gasteiger partial charge on any atom is 0.240 e. The fourth-order valence-electron chi connectivity index (χ4n) is 4.34. The van der Waals surface area contributed by atoms with Crippen LogP contribution in [0.15, 0.2) is 42.6 Å². The zero-order chi connectivity index (χ0) is 22.7. The fourth-order valence-corrected chi connectivity index (χ4v) is 4.34. The molecule has 0 aliphatic carbocycles. The summed E-state index contributed by atoms with van der Waals surface area (Å²) in [6, 6.07) is 11.7. The van der Waals surface area contributed by atoms with Crippen molar-refractivity contribution in [2.45, 2.75) is 52.6 Å². The van der Waals surface area contributed by atoms with Crippen LogP contribution in [-0.2, 0) is 17.8 Å². The number of amides is 1. The first-order chi connectivity index (χ1) is 15.5. The second kappa shape index (κ2) is 9.47. The Hall–Kier alpha value is -3.28. The van der Waals surface area contributed by atoms with E-state index < -0.39 is 0 Å². The third-order valence-electron chi connectivity index (χ3n) is 5.97. The first-order valence-corrected chi connectivity index (χ1v) is 11.3. The molecule has 32 heavy (non-hydrogen) atoms. The maximum atomic E-state index is 13.0. The lowest BCUT2D eigenvalue weighted by atomic mass is 10.0. The Kier molecular flexibility index (Phi) is 6.49. The van der Waals surface area contributed by atoms with Crippen LogP contribution in [0.5, 0.6) is 11.5 Å². The number of rotatable bonds is 7.